The Kier molecular flexibility index (Phi) is 5.22. The number of β-amino-alcohol motifs (C(OH)–C–C–N with tert-alkyl or cyclic N) is 1. The summed E-state index contributed by atoms with van der Waals surface area (Å²) in [4.78, 5) is 2.39. The molecular weight excluding hydrogens is 272 g/mol. The molecule has 0 aromatic heterocycles. The van der Waals surface area contributed by atoms with Crippen LogP contribution in [-0.2, 0) is 13.1 Å². The van der Waals surface area contributed by atoms with E-state index in [1.165, 1.54) is 11.1 Å². The molecule has 1 fully saturated rings. The van der Waals surface area contributed by atoms with Crippen LogP contribution in [0.2, 0.25) is 0 Å². The largest absolute Gasteiger partial charge is 0.392 e. The summed E-state index contributed by atoms with van der Waals surface area (Å²) in [5.41, 5.74) is 2.61. The summed E-state index contributed by atoms with van der Waals surface area (Å²) in [7, 11) is 0. The zero-order valence-corrected chi connectivity index (χ0v) is 12.9. The molecule has 1 aliphatic heterocycles. The van der Waals surface area contributed by atoms with Crippen LogP contribution in [0.3, 0.4) is 0 Å². The van der Waals surface area contributed by atoms with Crippen molar-refractivity contribution in [3.63, 3.8) is 0 Å². The zero-order valence-electron chi connectivity index (χ0n) is 12.9. The number of aliphatic hydroxyl groups is 1. The number of likely N-dealkylation sites (tertiary alicyclic amines) is 1. The molecule has 0 spiro atoms. The molecule has 116 valence electrons. The average molecular weight is 296 g/mol. The first-order chi connectivity index (χ1) is 10.8. The molecule has 2 aromatic rings. The Morgan fingerprint density at radius 1 is 0.955 bits per heavy atom. The Morgan fingerprint density at radius 2 is 1.59 bits per heavy atom. The van der Waals surface area contributed by atoms with Crippen molar-refractivity contribution in [3.8, 4) is 0 Å². The van der Waals surface area contributed by atoms with E-state index in [1.807, 2.05) is 12.1 Å². The molecule has 0 amide bonds. The molecule has 1 saturated heterocycles. The lowest BCUT2D eigenvalue weighted by Crippen LogP contribution is -2.37. The molecule has 1 heterocycles. The summed E-state index contributed by atoms with van der Waals surface area (Å²) in [6.45, 7) is 3.48. The van der Waals surface area contributed by atoms with Gasteiger partial charge in [0.1, 0.15) is 0 Å². The second kappa shape index (κ2) is 7.54. The molecule has 22 heavy (non-hydrogen) atoms. The number of nitrogens with one attached hydrogen (secondary N) is 1. The van der Waals surface area contributed by atoms with E-state index < -0.39 is 0 Å². The normalized spacial score (nSPS) is 22.0. The highest BCUT2D eigenvalue weighted by Gasteiger charge is 2.30. The Balaban J connectivity index is 1.52. The van der Waals surface area contributed by atoms with Crippen LogP contribution in [0.1, 0.15) is 17.5 Å². The minimum absolute atomic E-state index is 0.202. The molecule has 2 unspecified atom stereocenters. The van der Waals surface area contributed by atoms with Crippen molar-refractivity contribution in [2.45, 2.75) is 31.7 Å². The van der Waals surface area contributed by atoms with Crippen molar-refractivity contribution >= 4 is 0 Å². The fraction of sp³-hybridized carbons (Fsp3) is 0.368. The predicted octanol–water partition coefficient (Wildman–Crippen LogP) is 2.41. The van der Waals surface area contributed by atoms with Crippen molar-refractivity contribution in [3.05, 3.63) is 71.8 Å². The van der Waals surface area contributed by atoms with Gasteiger partial charge in [-0.15, -0.1) is 0 Å². The average Bonchev–Trinajstić information content (AvgIpc) is 2.89. The van der Waals surface area contributed by atoms with Gasteiger partial charge in [0, 0.05) is 32.2 Å². The van der Waals surface area contributed by atoms with Gasteiger partial charge in [0.25, 0.3) is 0 Å². The van der Waals surface area contributed by atoms with Crippen LogP contribution in [0.15, 0.2) is 60.7 Å². The molecule has 3 heteroatoms. The van der Waals surface area contributed by atoms with Crippen LogP contribution in [0.4, 0.5) is 0 Å². The van der Waals surface area contributed by atoms with Crippen molar-refractivity contribution in [1.29, 1.82) is 0 Å². The molecule has 2 atom stereocenters. The summed E-state index contributed by atoms with van der Waals surface area (Å²) in [5, 5.41) is 13.5. The van der Waals surface area contributed by atoms with E-state index in [2.05, 4.69) is 58.7 Å². The van der Waals surface area contributed by atoms with Crippen LogP contribution >= 0.6 is 0 Å². The number of hydrogen-bond donors (Lipinski definition) is 2. The smallest absolute Gasteiger partial charge is 0.0682 e. The molecular formula is C19H24N2O. The van der Waals surface area contributed by atoms with E-state index in [4.69, 9.17) is 0 Å². The van der Waals surface area contributed by atoms with E-state index in [1.54, 1.807) is 0 Å². The van der Waals surface area contributed by atoms with Crippen LogP contribution in [-0.4, -0.2) is 35.2 Å². The van der Waals surface area contributed by atoms with Crippen LogP contribution in [0, 0.1) is 0 Å². The second-order valence-electron chi connectivity index (χ2n) is 6.07. The molecule has 0 bridgehead atoms. The SMILES string of the molecule is OC1CC(CNCc2ccccc2)N(Cc2ccccc2)C1. The quantitative estimate of drug-likeness (QED) is 0.859. The molecule has 1 aliphatic rings. The van der Waals surface area contributed by atoms with Crippen molar-refractivity contribution < 1.29 is 5.11 Å². The van der Waals surface area contributed by atoms with Gasteiger partial charge in [-0.2, -0.15) is 0 Å². The maximum Gasteiger partial charge on any atom is 0.0682 e. The van der Waals surface area contributed by atoms with Gasteiger partial charge >= 0.3 is 0 Å². The van der Waals surface area contributed by atoms with Crippen molar-refractivity contribution in [2.75, 3.05) is 13.1 Å². The first-order valence-electron chi connectivity index (χ1n) is 8.02. The lowest BCUT2D eigenvalue weighted by atomic mass is 10.1. The first kappa shape index (κ1) is 15.2. The highest BCUT2D eigenvalue weighted by atomic mass is 16.3. The summed E-state index contributed by atoms with van der Waals surface area (Å²) in [5.74, 6) is 0. The summed E-state index contributed by atoms with van der Waals surface area (Å²) in [6, 6.07) is 21.3. The van der Waals surface area contributed by atoms with E-state index in [-0.39, 0.29) is 6.10 Å². The maximum atomic E-state index is 9.99. The lowest BCUT2D eigenvalue weighted by molar-refractivity contribution is 0.172. The topological polar surface area (TPSA) is 35.5 Å². The standard InChI is InChI=1S/C19H24N2O/c22-19-11-18(13-20-12-16-7-3-1-4-8-16)21(15-19)14-17-9-5-2-6-10-17/h1-10,18-20,22H,11-15H2. The van der Waals surface area contributed by atoms with E-state index in [0.717, 1.165) is 32.6 Å². The molecule has 0 radical (unpaired) electrons. The Labute approximate surface area is 132 Å². The number of nitrogens with zero attached hydrogens (tertiary/aromatic N) is 1. The Hall–Kier alpha value is -1.68. The highest BCUT2D eigenvalue weighted by Crippen LogP contribution is 2.20. The highest BCUT2D eigenvalue weighted by molar-refractivity contribution is 5.15. The number of aliphatic hydroxyl groups excluding tert-OH is 1. The second-order valence-corrected chi connectivity index (χ2v) is 6.07. The van der Waals surface area contributed by atoms with Gasteiger partial charge in [0.15, 0.2) is 0 Å². The van der Waals surface area contributed by atoms with Crippen LogP contribution < -0.4 is 5.32 Å². The van der Waals surface area contributed by atoms with Gasteiger partial charge in [0.05, 0.1) is 6.10 Å². The fourth-order valence-corrected chi connectivity index (χ4v) is 3.16. The minimum atomic E-state index is -0.202. The third-order valence-electron chi connectivity index (χ3n) is 4.29. The zero-order chi connectivity index (χ0) is 15.2. The molecule has 0 saturated carbocycles. The number of benzene rings is 2. The van der Waals surface area contributed by atoms with Crippen molar-refractivity contribution in [1.82, 2.24) is 10.2 Å². The van der Waals surface area contributed by atoms with Gasteiger partial charge in [-0.3, -0.25) is 4.90 Å². The van der Waals surface area contributed by atoms with Gasteiger partial charge in [-0.1, -0.05) is 60.7 Å². The lowest BCUT2D eigenvalue weighted by Gasteiger charge is -2.24. The summed E-state index contributed by atoms with van der Waals surface area (Å²) in [6.07, 6.45) is 0.654. The molecule has 2 N–H and O–H groups in total. The monoisotopic (exact) mass is 296 g/mol. The Bertz CT molecular complexity index is 558. The van der Waals surface area contributed by atoms with Crippen LogP contribution in [0.5, 0.6) is 0 Å². The van der Waals surface area contributed by atoms with Gasteiger partial charge < -0.3 is 10.4 Å². The van der Waals surface area contributed by atoms with E-state index >= 15 is 0 Å². The van der Waals surface area contributed by atoms with Crippen LogP contribution in [0.25, 0.3) is 0 Å². The summed E-state index contributed by atoms with van der Waals surface area (Å²) < 4.78 is 0. The number of hydrogen-bond acceptors (Lipinski definition) is 3. The van der Waals surface area contributed by atoms with Gasteiger partial charge in [-0.05, 0) is 17.5 Å². The van der Waals surface area contributed by atoms with E-state index in [9.17, 15) is 5.11 Å². The third-order valence-corrected chi connectivity index (χ3v) is 4.29. The third kappa shape index (κ3) is 4.17. The molecule has 3 nitrogen and oxygen atoms in total. The first-order valence-corrected chi connectivity index (χ1v) is 8.02. The molecule has 2 aromatic carbocycles. The molecule has 0 aliphatic carbocycles. The predicted molar refractivity (Wildman–Crippen MR) is 89.4 cm³/mol. The van der Waals surface area contributed by atoms with Gasteiger partial charge in [0.2, 0.25) is 0 Å². The maximum absolute atomic E-state index is 9.99. The fourth-order valence-electron chi connectivity index (χ4n) is 3.16. The number of rotatable bonds is 6. The van der Waals surface area contributed by atoms with Gasteiger partial charge in [-0.25, -0.2) is 0 Å². The Morgan fingerprint density at radius 3 is 2.27 bits per heavy atom. The van der Waals surface area contributed by atoms with Crippen molar-refractivity contribution in [2.24, 2.45) is 0 Å². The summed E-state index contributed by atoms with van der Waals surface area (Å²) >= 11 is 0. The van der Waals surface area contributed by atoms with E-state index in [0.29, 0.717) is 6.04 Å². The minimum Gasteiger partial charge on any atom is -0.392 e. The molecule has 3 rings (SSSR count).